The lowest BCUT2D eigenvalue weighted by Crippen LogP contribution is -2.46. The van der Waals surface area contributed by atoms with Crippen LogP contribution in [0.1, 0.15) is 147 Å². The summed E-state index contributed by atoms with van der Waals surface area (Å²) in [6.07, 6.45) is 29.5. The Morgan fingerprint density at radius 1 is 0.435 bits per heavy atom. The topological polar surface area (TPSA) is 23.6 Å². The second-order valence-electron chi connectivity index (χ2n) is 19.4. The Bertz CT molecular complexity index is 2070. The normalized spacial score (nSPS) is 21.6. The van der Waals surface area contributed by atoms with Crippen LogP contribution in [-0.4, -0.2) is 63.8 Å². The van der Waals surface area contributed by atoms with Crippen LogP contribution in [0.2, 0.25) is 0 Å². The molecule has 2 atom stereocenters. The molecule has 0 N–H and O–H groups in total. The van der Waals surface area contributed by atoms with Gasteiger partial charge in [0.15, 0.2) is 0 Å². The lowest BCUT2D eigenvalue weighted by atomic mass is 9.80. The van der Waals surface area contributed by atoms with Gasteiger partial charge in [0.05, 0.1) is 0 Å². The van der Waals surface area contributed by atoms with Gasteiger partial charge in [0, 0.05) is 60.6 Å². The summed E-state index contributed by atoms with van der Waals surface area (Å²) in [4.78, 5) is 5.71. The van der Waals surface area contributed by atoms with Crippen LogP contribution in [0.25, 0.3) is 35.5 Å². The van der Waals surface area contributed by atoms with E-state index < -0.39 is 10.8 Å². The van der Waals surface area contributed by atoms with Crippen molar-refractivity contribution in [1.82, 2.24) is 9.80 Å². The van der Waals surface area contributed by atoms with E-state index in [0.29, 0.717) is 12.1 Å². The van der Waals surface area contributed by atoms with Crippen molar-refractivity contribution in [3.05, 3.63) is 153 Å². The summed E-state index contributed by atoms with van der Waals surface area (Å²) in [5.41, 5.74) is 17.0. The fraction of sp³-hybridized carbons (Fsp3) is 0.448. The maximum Gasteiger partial charge on any atom is 0.0249 e. The predicted octanol–water partition coefficient (Wildman–Crippen LogP) is 13.6. The zero-order chi connectivity index (χ0) is 41.7. The standard InChI is InChI=1S/C58H68N2OS/c61-62(41-35-55(47-19-3-1-4-20-47)59-37-31-49(32-38-59)57-51-23-11-7-15-43(51)27-28-44-16-8-12-24-52(44)57)42-36-56(48-21-5-2-6-22-48)60-39-33-50(34-40-60)58-53-25-13-9-17-45(53)29-30-46-18-10-14-26-54(46)58/h7-18,23-30,47-48,55-56H,1-6,19-22,31-42H2. The Morgan fingerprint density at radius 3 is 1.06 bits per heavy atom. The van der Waals surface area contributed by atoms with Gasteiger partial charge >= 0.3 is 0 Å². The summed E-state index contributed by atoms with van der Waals surface area (Å²) in [6, 6.07) is 37.1. The SMILES string of the molecule is O=S(CCC(C1CCCCC1)N1CCC(=C2c3ccccc3C=Cc3ccccc32)CC1)CCC(C1CCCCC1)N1CCC(=C2c3ccccc3C=Cc3ccccc32)CC1. The van der Waals surface area contributed by atoms with Gasteiger partial charge in [-0.3, -0.25) is 14.0 Å². The van der Waals surface area contributed by atoms with Crippen LogP contribution in [0, 0.1) is 11.8 Å². The van der Waals surface area contributed by atoms with Gasteiger partial charge in [-0.05, 0) is 132 Å². The second kappa shape index (κ2) is 19.7. The van der Waals surface area contributed by atoms with Crippen LogP contribution in [0.3, 0.4) is 0 Å². The predicted molar refractivity (Wildman–Crippen MR) is 265 cm³/mol. The number of hydrogen-bond acceptors (Lipinski definition) is 3. The molecule has 4 heteroatoms. The Balaban J connectivity index is 0.816. The highest BCUT2D eigenvalue weighted by atomic mass is 32.2. The molecule has 2 aliphatic heterocycles. The molecule has 2 unspecified atom stereocenters. The fourth-order valence-electron chi connectivity index (χ4n) is 12.7. The Kier molecular flexibility index (Phi) is 13.3. The van der Waals surface area contributed by atoms with Gasteiger partial charge in [-0.1, -0.05) is 171 Å². The van der Waals surface area contributed by atoms with E-state index in [4.69, 9.17) is 0 Å². The molecule has 0 amide bonds. The average Bonchev–Trinajstić information content (AvgIpc) is 3.61. The molecule has 2 saturated carbocycles. The van der Waals surface area contributed by atoms with E-state index in [0.717, 1.165) is 88.0 Å². The molecule has 322 valence electrons. The summed E-state index contributed by atoms with van der Waals surface area (Å²) in [6.45, 7) is 4.48. The second-order valence-corrected chi connectivity index (χ2v) is 21.1. The first kappa shape index (κ1) is 41.9. The first-order valence-electron chi connectivity index (χ1n) is 24.7. The van der Waals surface area contributed by atoms with E-state index >= 15 is 0 Å². The van der Waals surface area contributed by atoms with Crippen molar-refractivity contribution in [2.45, 2.75) is 115 Å². The van der Waals surface area contributed by atoms with Crippen LogP contribution in [0.15, 0.2) is 108 Å². The molecule has 62 heavy (non-hydrogen) atoms. The van der Waals surface area contributed by atoms with Crippen LogP contribution < -0.4 is 0 Å². The van der Waals surface area contributed by atoms with Gasteiger partial charge in [0.2, 0.25) is 0 Å². The number of piperidine rings is 2. The number of fused-ring (bicyclic) bond motifs is 4. The van der Waals surface area contributed by atoms with Gasteiger partial charge in [-0.2, -0.15) is 0 Å². The maximum atomic E-state index is 14.3. The number of likely N-dealkylation sites (tertiary alicyclic amines) is 2. The molecule has 4 aromatic carbocycles. The third-order valence-corrected chi connectivity index (χ3v) is 17.3. The molecular weight excluding hydrogens is 773 g/mol. The highest BCUT2D eigenvalue weighted by Crippen LogP contribution is 2.42. The smallest absolute Gasteiger partial charge is 0.0249 e. The summed E-state index contributed by atoms with van der Waals surface area (Å²) < 4.78 is 14.3. The monoisotopic (exact) mass is 841 g/mol. The molecule has 4 aromatic rings. The van der Waals surface area contributed by atoms with Crippen LogP contribution in [-0.2, 0) is 10.8 Å². The van der Waals surface area contributed by atoms with Gasteiger partial charge < -0.3 is 0 Å². The van der Waals surface area contributed by atoms with E-state index in [1.54, 1.807) is 11.1 Å². The van der Waals surface area contributed by atoms with Crippen LogP contribution >= 0.6 is 0 Å². The molecular formula is C58H68N2OS. The lowest BCUT2D eigenvalue weighted by molar-refractivity contribution is 0.104. The molecule has 4 fully saturated rings. The van der Waals surface area contributed by atoms with Crippen molar-refractivity contribution in [2.24, 2.45) is 11.8 Å². The molecule has 0 spiro atoms. The van der Waals surface area contributed by atoms with Crippen molar-refractivity contribution in [3.63, 3.8) is 0 Å². The zero-order valence-corrected chi connectivity index (χ0v) is 37.9. The van der Waals surface area contributed by atoms with Gasteiger partial charge in [0.25, 0.3) is 0 Å². The van der Waals surface area contributed by atoms with Crippen molar-refractivity contribution >= 4 is 46.2 Å². The van der Waals surface area contributed by atoms with E-state index in [1.807, 2.05) is 0 Å². The maximum absolute atomic E-state index is 14.3. The summed E-state index contributed by atoms with van der Waals surface area (Å²) in [5.74, 6) is 3.21. The molecule has 2 saturated heterocycles. The zero-order valence-electron chi connectivity index (χ0n) is 37.1. The highest BCUT2D eigenvalue weighted by Gasteiger charge is 2.34. The Labute approximate surface area is 375 Å². The van der Waals surface area contributed by atoms with Crippen molar-refractivity contribution in [2.75, 3.05) is 37.7 Å². The minimum Gasteiger partial charge on any atom is -0.299 e. The summed E-state index contributed by atoms with van der Waals surface area (Å²) in [5, 5.41) is 0. The van der Waals surface area contributed by atoms with E-state index in [-0.39, 0.29) is 0 Å². The molecule has 6 aliphatic rings. The Hall–Kier alpha value is -4.09. The first-order valence-corrected chi connectivity index (χ1v) is 26.2. The Morgan fingerprint density at radius 2 is 0.742 bits per heavy atom. The third-order valence-electron chi connectivity index (χ3n) is 15.9. The minimum absolute atomic E-state index is 0.554. The van der Waals surface area contributed by atoms with Gasteiger partial charge in [-0.25, -0.2) is 0 Å². The molecule has 0 aromatic heterocycles. The highest BCUT2D eigenvalue weighted by molar-refractivity contribution is 7.84. The molecule has 2 heterocycles. The molecule has 3 nitrogen and oxygen atoms in total. The van der Waals surface area contributed by atoms with Crippen molar-refractivity contribution in [1.29, 1.82) is 0 Å². The number of nitrogens with zero attached hydrogens (tertiary/aromatic N) is 2. The molecule has 0 radical (unpaired) electrons. The fourth-order valence-corrected chi connectivity index (χ4v) is 13.9. The lowest BCUT2D eigenvalue weighted by Gasteiger charge is -2.42. The van der Waals surface area contributed by atoms with Crippen LogP contribution in [0.5, 0.6) is 0 Å². The first-order chi connectivity index (χ1) is 30.7. The molecule has 4 aliphatic carbocycles. The van der Waals surface area contributed by atoms with Gasteiger partial charge in [-0.15, -0.1) is 0 Å². The number of hydrogen-bond donors (Lipinski definition) is 0. The largest absolute Gasteiger partial charge is 0.299 e. The summed E-state index contributed by atoms with van der Waals surface area (Å²) in [7, 11) is -0.790. The number of benzene rings is 4. The quantitative estimate of drug-likeness (QED) is 0.137. The minimum atomic E-state index is -0.790. The average molecular weight is 841 g/mol. The third kappa shape index (κ3) is 9.13. The van der Waals surface area contributed by atoms with E-state index in [9.17, 15) is 4.21 Å². The van der Waals surface area contributed by atoms with Gasteiger partial charge in [0.1, 0.15) is 0 Å². The number of rotatable bonds is 10. The van der Waals surface area contributed by atoms with Crippen LogP contribution in [0.4, 0.5) is 0 Å². The molecule has 10 rings (SSSR count). The van der Waals surface area contributed by atoms with E-state index in [1.165, 1.54) is 120 Å². The van der Waals surface area contributed by atoms with E-state index in [2.05, 4.69) is 131 Å². The molecule has 0 bridgehead atoms. The van der Waals surface area contributed by atoms with Crippen molar-refractivity contribution < 1.29 is 4.21 Å². The van der Waals surface area contributed by atoms with Crippen molar-refractivity contribution in [3.8, 4) is 0 Å². The summed E-state index contributed by atoms with van der Waals surface area (Å²) >= 11 is 0.